The Morgan fingerprint density at radius 1 is 1.27 bits per heavy atom. The standard InChI is InChI=1S/C19H24F3N3O/c1-10(2)13(5)24-25(6)18(12(4)19(20,21)22)15-7-11(3)17-14(8-15)9-16(26)23-17/h7-8,10H,9H2,1-6H3,(H,23,26)/b18-12+,24-13+. The maximum atomic E-state index is 13.5. The van der Waals surface area contributed by atoms with E-state index in [1.54, 1.807) is 26.0 Å². The number of alkyl halides is 3. The molecule has 0 fully saturated rings. The van der Waals surface area contributed by atoms with Gasteiger partial charge in [0.2, 0.25) is 5.91 Å². The van der Waals surface area contributed by atoms with E-state index in [-0.39, 0.29) is 23.9 Å². The third-order valence-corrected chi connectivity index (χ3v) is 4.55. The van der Waals surface area contributed by atoms with Crippen LogP contribution in [0.15, 0.2) is 22.8 Å². The zero-order chi connectivity index (χ0) is 19.8. The number of nitrogens with zero attached hydrogens (tertiary/aromatic N) is 2. The zero-order valence-corrected chi connectivity index (χ0v) is 15.9. The molecule has 1 amide bonds. The largest absolute Gasteiger partial charge is 0.414 e. The average molecular weight is 367 g/mol. The number of allylic oxidation sites excluding steroid dienone is 1. The number of rotatable bonds is 4. The molecule has 7 heteroatoms. The second-order valence-electron chi connectivity index (χ2n) is 6.94. The SMILES string of the molecule is C/C(=N\N(C)/C(=C(\C)C(F)(F)F)c1cc(C)c2c(c1)CC(=O)N2)C(C)C. The predicted molar refractivity (Wildman–Crippen MR) is 97.9 cm³/mol. The number of halogens is 3. The van der Waals surface area contributed by atoms with Crippen molar-refractivity contribution in [3.63, 3.8) is 0 Å². The van der Waals surface area contributed by atoms with Crippen LogP contribution in [0, 0.1) is 12.8 Å². The third kappa shape index (κ3) is 4.08. The number of aryl methyl sites for hydroxylation is 1. The van der Waals surface area contributed by atoms with Gasteiger partial charge in [-0.25, -0.2) is 0 Å². The Labute approximate surface area is 151 Å². The van der Waals surface area contributed by atoms with E-state index in [9.17, 15) is 18.0 Å². The third-order valence-electron chi connectivity index (χ3n) is 4.55. The molecule has 1 aliphatic rings. The van der Waals surface area contributed by atoms with Crippen LogP contribution in [0.3, 0.4) is 0 Å². The fourth-order valence-electron chi connectivity index (χ4n) is 2.85. The van der Waals surface area contributed by atoms with Gasteiger partial charge in [-0.15, -0.1) is 0 Å². The summed E-state index contributed by atoms with van der Waals surface area (Å²) in [5.41, 5.74) is 2.52. The van der Waals surface area contributed by atoms with Gasteiger partial charge in [0, 0.05) is 24.0 Å². The van der Waals surface area contributed by atoms with Crippen molar-refractivity contribution in [1.82, 2.24) is 5.01 Å². The van der Waals surface area contributed by atoms with Crippen LogP contribution in [0.1, 0.15) is 44.4 Å². The number of amides is 1. The van der Waals surface area contributed by atoms with Crippen molar-refractivity contribution in [2.24, 2.45) is 11.0 Å². The zero-order valence-electron chi connectivity index (χ0n) is 15.9. The Kier molecular flexibility index (Phi) is 5.49. The van der Waals surface area contributed by atoms with Crippen LogP contribution in [0.2, 0.25) is 0 Å². The van der Waals surface area contributed by atoms with E-state index in [0.717, 1.165) is 18.2 Å². The number of nitrogens with one attached hydrogen (secondary N) is 1. The van der Waals surface area contributed by atoms with Crippen LogP contribution in [0.5, 0.6) is 0 Å². The number of carbonyl (C=O) groups excluding carboxylic acids is 1. The smallest absolute Gasteiger partial charge is 0.325 e. The Balaban J connectivity index is 2.64. The van der Waals surface area contributed by atoms with E-state index in [1.807, 2.05) is 13.8 Å². The highest BCUT2D eigenvalue weighted by atomic mass is 19.4. The van der Waals surface area contributed by atoms with E-state index in [4.69, 9.17) is 0 Å². The molecule has 1 aromatic rings. The minimum Gasteiger partial charge on any atom is -0.325 e. The lowest BCUT2D eigenvalue weighted by Gasteiger charge is -2.24. The molecule has 1 aromatic carbocycles. The molecule has 0 saturated heterocycles. The molecule has 0 aromatic heterocycles. The first kappa shape index (κ1) is 20.0. The van der Waals surface area contributed by atoms with Crippen LogP contribution in [0.4, 0.5) is 18.9 Å². The highest BCUT2D eigenvalue weighted by Gasteiger charge is 2.35. The van der Waals surface area contributed by atoms with Crippen molar-refractivity contribution in [3.05, 3.63) is 34.4 Å². The summed E-state index contributed by atoms with van der Waals surface area (Å²) in [6.07, 6.45) is -4.31. The van der Waals surface area contributed by atoms with E-state index >= 15 is 0 Å². The second kappa shape index (κ2) is 7.13. The summed E-state index contributed by atoms with van der Waals surface area (Å²) in [4.78, 5) is 11.6. The molecular weight excluding hydrogens is 343 g/mol. The molecule has 2 rings (SSSR count). The lowest BCUT2D eigenvalue weighted by Crippen LogP contribution is -2.21. The summed E-state index contributed by atoms with van der Waals surface area (Å²) < 4.78 is 40.4. The van der Waals surface area contributed by atoms with E-state index in [1.165, 1.54) is 12.1 Å². The molecule has 4 nitrogen and oxygen atoms in total. The van der Waals surface area contributed by atoms with E-state index in [0.29, 0.717) is 16.8 Å². The number of carbonyl (C=O) groups is 1. The Hall–Kier alpha value is -2.31. The van der Waals surface area contributed by atoms with Gasteiger partial charge in [0.05, 0.1) is 17.7 Å². The molecule has 0 bridgehead atoms. The van der Waals surface area contributed by atoms with E-state index < -0.39 is 11.7 Å². The van der Waals surface area contributed by atoms with Gasteiger partial charge in [0.25, 0.3) is 0 Å². The summed E-state index contributed by atoms with van der Waals surface area (Å²) in [6.45, 7) is 8.49. The maximum absolute atomic E-state index is 13.5. The van der Waals surface area contributed by atoms with E-state index in [2.05, 4.69) is 10.4 Å². The van der Waals surface area contributed by atoms with Gasteiger partial charge in [0.1, 0.15) is 0 Å². The van der Waals surface area contributed by atoms with Crippen LogP contribution in [-0.4, -0.2) is 29.9 Å². The van der Waals surface area contributed by atoms with Gasteiger partial charge < -0.3 is 5.32 Å². The van der Waals surface area contributed by atoms with Crippen molar-refractivity contribution in [2.75, 3.05) is 12.4 Å². The molecule has 0 atom stereocenters. The minimum absolute atomic E-state index is 0.0113. The highest BCUT2D eigenvalue weighted by Crippen LogP contribution is 2.37. The molecule has 0 saturated carbocycles. The monoisotopic (exact) mass is 367 g/mol. The van der Waals surface area contributed by atoms with Gasteiger partial charge in [-0.05, 0) is 49.9 Å². The second-order valence-corrected chi connectivity index (χ2v) is 6.94. The quantitative estimate of drug-likeness (QED) is 0.617. The highest BCUT2D eigenvalue weighted by molar-refractivity contribution is 6.00. The molecule has 1 heterocycles. The van der Waals surface area contributed by atoms with Gasteiger partial charge >= 0.3 is 6.18 Å². The fourth-order valence-corrected chi connectivity index (χ4v) is 2.85. The average Bonchev–Trinajstić information content (AvgIpc) is 2.87. The van der Waals surface area contributed by atoms with Crippen molar-refractivity contribution >= 4 is 23.0 Å². The molecule has 0 spiro atoms. The first-order valence-electron chi connectivity index (χ1n) is 8.42. The molecule has 0 radical (unpaired) electrons. The molecule has 0 aliphatic carbocycles. The minimum atomic E-state index is -4.48. The summed E-state index contributed by atoms with van der Waals surface area (Å²) in [6, 6.07) is 3.30. The normalized spacial score (nSPS) is 15.8. The summed E-state index contributed by atoms with van der Waals surface area (Å²) in [5.74, 6) is -0.0335. The number of hydrogen-bond acceptors (Lipinski definition) is 3. The van der Waals surface area contributed by atoms with Gasteiger partial charge in [-0.2, -0.15) is 18.3 Å². The molecule has 1 N–H and O–H groups in total. The Morgan fingerprint density at radius 3 is 2.42 bits per heavy atom. The Bertz CT molecular complexity index is 792. The van der Waals surface area contributed by atoms with Crippen molar-refractivity contribution in [3.8, 4) is 0 Å². The van der Waals surface area contributed by atoms with Crippen LogP contribution in [0.25, 0.3) is 5.70 Å². The molecule has 142 valence electrons. The fraction of sp³-hybridized carbons (Fsp3) is 0.474. The van der Waals surface area contributed by atoms with Crippen LogP contribution < -0.4 is 5.32 Å². The maximum Gasteiger partial charge on any atom is 0.414 e. The molecular formula is C19H24F3N3O. The molecule has 0 unspecified atom stereocenters. The van der Waals surface area contributed by atoms with Crippen molar-refractivity contribution in [1.29, 1.82) is 0 Å². The van der Waals surface area contributed by atoms with Gasteiger partial charge in [-0.3, -0.25) is 9.80 Å². The predicted octanol–water partition coefficient (Wildman–Crippen LogP) is 4.75. The first-order chi connectivity index (χ1) is 11.9. The van der Waals surface area contributed by atoms with Gasteiger partial charge in [-0.1, -0.05) is 13.8 Å². The number of hydrogen-bond donors (Lipinski definition) is 1. The van der Waals surface area contributed by atoms with Crippen molar-refractivity contribution in [2.45, 2.75) is 47.2 Å². The lowest BCUT2D eigenvalue weighted by molar-refractivity contribution is -0.115. The summed E-state index contributed by atoms with van der Waals surface area (Å²) in [7, 11) is 1.52. The summed E-state index contributed by atoms with van der Waals surface area (Å²) >= 11 is 0. The molecule has 1 aliphatic heterocycles. The number of benzene rings is 1. The first-order valence-corrected chi connectivity index (χ1v) is 8.42. The Morgan fingerprint density at radius 2 is 1.88 bits per heavy atom. The number of anilines is 1. The molecule has 26 heavy (non-hydrogen) atoms. The van der Waals surface area contributed by atoms with Crippen LogP contribution in [-0.2, 0) is 11.2 Å². The van der Waals surface area contributed by atoms with Crippen LogP contribution >= 0.6 is 0 Å². The lowest BCUT2D eigenvalue weighted by atomic mass is 9.99. The summed E-state index contributed by atoms with van der Waals surface area (Å²) in [5, 5.41) is 8.37. The topological polar surface area (TPSA) is 44.7 Å². The number of hydrazone groups is 1. The van der Waals surface area contributed by atoms with Gasteiger partial charge in [0.15, 0.2) is 0 Å². The number of fused-ring (bicyclic) bond motifs is 1. The van der Waals surface area contributed by atoms with Crippen molar-refractivity contribution < 1.29 is 18.0 Å².